The molecule has 1 saturated carbocycles. The van der Waals surface area contributed by atoms with E-state index in [0.717, 1.165) is 17.8 Å². The second-order valence-electron chi connectivity index (χ2n) is 8.18. The molecular weight excluding hydrogens is 326 g/mol. The molecule has 6 heteroatoms. The summed E-state index contributed by atoms with van der Waals surface area (Å²) in [6.07, 6.45) is 13.6. The van der Waals surface area contributed by atoms with Gasteiger partial charge in [0.2, 0.25) is 5.91 Å². The van der Waals surface area contributed by atoms with Gasteiger partial charge in [-0.25, -0.2) is 4.98 Å². The second kappa shape index (κ2) is 5.19. The summed E-state index contributed by atoms with van der Waals surface area (Å²) in [5.74, 6) is 1.63. The molecule has 2 aromatic rings. The molecule has 6 nitrogen and oxygen atoms in total. The molecule has 134 valence electrons. The molecule has 1 saturated heterocycles. The van der Waals surface area contributed by atoms with Crippen molar-refractivity contribution >= 4 is 17.4 Å². The quantitative estimate of drug-likeness (QED) is 0.854. The second-order valence-corrected chi connectivity index (χ2v) is 8.18. The minimum Gasteiger partial charge on any atom is -0.306 e. The molecule has 1 unspecified atom stereocenters. The van der Waals surface area contributed by atoms with E-state index in [-0.39, 0.29) is 11.8 Å². The van der Waals surface area contributed by atoms with Crippen molar-refractivity contribution in [3.05, 3.63) is 48.3 Å². The third-order valence-electron chi connectivity index (χ3n) is 5.92. The Bertz CT molecular complexity index is 957. The SMILES string of the molecule is Cn1ccc(N2C(=O)C(C)(C)C3CC=C(n4cnc(C5CC5)c4)C=C32)n1. The number of allylic oxidation sites excluding steroid dienone is 4. The van der Waals surface area contributed by atoms with E-state index in [1.165, 1.54) is 18.5 Å². The highest BCUT2D eigenvalue weighted by molar-refractivity contribution is 6.03. The van der Waals surface area contributed by atoms with Crippen LogP contribution < -0.4 is 4.90 Å². The summed E-state index contributed by atoms with van der Waals surface area (Å²) in [5, 5.41) is 4.48. The van der Waals surface area contributed by atoms with Gasteiger partial charge >= 0.3 is 0 Å². The number of carbonyl (C=O) groups excluding carboxylic acids is 1. The lowest BCUT2D eigenvalue weighted by molar-refractivity contribution is -0.125. The smallest absolute Gasteiger partial charge is 0.238 e. The molecule has 2 fully saturated rings. The normalized spacial score (nSPS) is 24.5. The summed E-state index contributed by atoms with van der Waals surface area (Å²) >= 11 is 0. The Morgan fingerprint density at radius 2 is 2.08 bits per heavy atom. The van der Waals surface area contributed by atoms with E-state index in [4.69, 9.17) is 0 Å². The third kappa shape index (κ3) is 2.21. The standard InChI is InChI=1S/C20H23N5O/c1-20(2)15-7-6-14(24-11-16(21-12-24)13-4-5-13)10-17(15)25(19(20)26)18-8-9-23(3)22-18/h6,8-13,15H,4-5,7H2,1-3H3. The first-order chi connectivity index (χ1) is 12.4. The number of hydrogen-bond donors (Lipinski definition) is 0. The molecule has 2 aromatic heterocycles. The van der Waals surface area contributed by atoms with E-state index in [2.05, 4.69) is 33.0 Å². The first kappa shape index (κ1) is 15.6. The Balaban J connectivity index is 1.55. The zero-order chi connectivity index (χ0) is 18.1. The maximum absolute atomic E-state index is 13.1. The molecule has 0 bridgehead atoms. The Morgan fingerprint density at radius 3 is 2.77 bits per heavy atom. The summed E-state index contributed by atoms with van der Waals surface area (Å²) in [6, 6.07) is 1.90. The van der Waals surface area contributed by atoms with Crippen LogP contribution in [0.2, 0.25) is 0 Å². The minimum atomic E-state index is -0.431. The van der Waals surface area contributed by atoms with Gasteiger partial charge in [0.15, 0.2) is 5.82 Å². The van der Waals surface area contributed by atoms with E-state index in [1.54, 1.807) is 9.58 Å². The predicted molar refractivity (Wildman–Crippen MR) is 99.1 cm³/mol. The number of hydrogen-bond acceptors (Lipinski definition) is 3. The number of aromatic nitrogens is 4. The highest BCUT2D eigenvalue weighted by Gasteiger charge is 2.52. The molecule has 1 aliphatic heterocycles. The molecule has 0 radical (unpaired) electrons. The fraction of sp³-hybridized carbons (Fsp3) is 0.450. The number of nitrogens with zero attached hydrogens (tertiary/aromatic N) is 5. The van der Waals surface area contributed by atoms with Crippen molar-refractivity contribution in [3.8, 4) is 0 Å². The maximum atomic E-state index is 13.1. The molecular formula is C20H23N5O. The first-order valence-corrected chi connectivity index (χ1v) is 9.25. The maximum Gasteiger partial charge on any atom is 0.238 e. The van der Waals surface area contributed by atoms with Crippen LogP contribution in [-0.2, 0) is 11.8 Å². The van der Waals surface area contributed by atoms with Crippen molar-refractivity contribution in [3.63, 3.8) is 0 Å². The Kier molecular flexibility index (Phi) is 3.12. The van der Waals surface area contributed by atoms with Crippen LogP contribution in [0.25, 0.3) is 5.70 Å². The first-order valence-electron chi connectivity index (χ1n) is 9.25. The van der Waals surface area contributed by atoms with Gasteiger partial charge in [0, 0.05) is 48.7 Å². The zero-order valence-corrected chi connectivity index (χ0v) is 15.4. The number of rotatable bonds is 3. The molecule has 2 aliphatic carbocycles. The van der Waals surface area contributed by atoms with Gasteiger partial charge in [-0.1, -0.05) is 19.9 Å². The lowest BCUT2D eigenvalue weighted by atomic mass is 9.76. The van der Waals surface area contributed by atoms with Crippen LogP contribution >= 0.6 is 0 Å². The van der Waals surface area contributed by atoms with Crippen molar-refractivity contribution in [2.24, 2.45) is 18.4 Å². The number of anilines is 1. The lowest BCUT2D eigenvalue weighted by Gasteiger charge is -2.25. The van der Waals surface area contributed by atoms with E-state index in [0.29, 0.717) is 11.7 Å². The predicted octanol–water partition coefficient (Wildman–Crippen LogP) is 3.31. The monoisotopic (exact) mass is 349 g/mol. The molecule has 26 heavy (non-hydrogen) atoms. The van der Waals surface area contributed by atoms with Crippen molar-refractivity contribution in [2.75, 3.05) is 4.90 Å². The van der Waals surface area contributed by atoms with E-state index >= 15 is 0 Å². The summed E-state index contributed by atoms with van der Waals surface area (Å²) in [7, 11) is 1.87. The lowest BCUT2D eigenvalue weighted by Crippen LogP contribution is -2.31. The van der Waals surface area contributed by atoms with Gasteiger partial charge in [-0.3, -0.25) is 14.4 Å². The van der Waals surface area contributed by atoms with Crippen LogP contribution in [0.5, 0.6) is 0 Å². The number of carbonyl (C=O) groups is 1. The summed E-state index contributed by atoms with van der Waals surface area (Å²) in [5.41, 5.74) is 2.87. The van der Waals surface area contributed by atoms with Gasteiger partial charge in [-0.05, 0) is 25.3 Å². The van der Waals surface area contributed by atoms with Gasteiger partial charge in [0.05, 0.1) is 17.4 Å². The largest absolute Gasteiger partial charge is 0.306 e. The van der Waals surface area contributed by atoms with Crippen LogP contribution in [0.4, 0.5) is 5.82 Å². The molecule has 0 aromatic carbocycles. The zero-order valence-electron chi connectivity index (χ0n) is 15.4. The molecule has 1 amide bonds. The van der Waals surface area contributed by atoms with Crippen molar-refractivity contribution in [1.29, 1.82) is 0 Å². The van der Waals surface area contributed by atoms with Crippen LogP contribution in [-0.4, -0.2) is 25.2 Å². The molecule has 3 heterocycles. The Morgan fingerprint density at radius 1 is 1.27 bits per heavy atom. The summed E-state index contributed by atoms with van der Waals surface area (Å²) < 4.78 is 3.82. The number of aryl methyl sites for hydroxylation is 1. The van der Waals surface area contributed by atoms with Crippen LogP contribution in [0.1, 0.15) is 44.7 Å². The van der Waals surface area contributed by atoms with Gasteiger partial charge in [0.1, 0.15) is 0 Å². The highest BCUT2D eigenvalue weighted by atomic mass is 16.2. The average Bonchev–Trinajstić information content (AvgIpc) is 3.12. The van der Waals surface area contributed by atoms with E-state index in [1.807, 2.05) is 39.5 Å². The molecule has 0 N–H and O–H groups in total. The highest BCUT2D eigenvalue weighted by Crippen LogP contribution is 2.49. The van der Waals surface area contributed by atoms with Gasteiger partial charge < -0.3 is 4.57 Å². The van der Waals surface area contributed by atoms with Crippen LogP contribution in [0.3, 0.4) is 0 Å². The summed E-state index contributed by atoms with van der Waals surface area (Å²) in [4.78, 5) is 19.5. The topological polar surface area (TPSA) is 56.0 Å². The van der Waals surface area contributed by atoms with Gasteiger partial charge in [-0.2, -0.15) is 5.10 Å². The molecule has 3 aliphatic rings. The number of amides is 1. The fourth-order valence-electron chi connectivity index (χ4n) is 4.12. The molecule has 5 rings (SSSR count). The van der Waals surface area contributed by atoms with Gasteiger partial charge in [0.25, 0.3) is 0 Å². The van der Waals surface area contributed by atoms with E-state index < -0.39 is 5.41 Å². The number of imidazole rings is 1. The average molecular weight is 349 g/mol. The fourth-order valence-corrected chi connectivity index (χ4v) is 4.12. The summed E-state index contributed by atoms with van der Waals surface area (Å²) in [6.45, 7) is 4.08. The minimum absolute atomic E-state index is 0.117. The van der Waals surface area contributed by atoms with E-state index in [9.17, 15) is 4.79 Å². The number of fused-ring (bicyclic) bond motifs is 1. The van der Waals surface area contributed by atoms with Crippen molar-refractivity contribution in [1.82, 2.24) is 19.3 Å². The van der Waals surface area contributed by atoms with Crippen LogP contribution in [0, 0.1) is 11.3 Å². The van der Waals surface area contributed by atoms with Gasteiger partial charge in [-0.15, -0.1) is 0 Å². The third-order valence-corrected chi connectivity index (χ3v) is 5.92. The molecule has 0 spiro atoms. The van der Waals surface area contributed by atoms with Crippen molar-refractivity contribution in [2.45, 2.75) is 39.0 Å². The molecule has 1 atom stereocenters. The Labute approximate surface area is 152 Å². The Hall–Kier alpha value is -2.63. The van der Waals surface area contributed by atoms with Crippen molar-refractivity contribution < 1.29 is 4.79 Å². The van der Waals surface area contributed by atoms with Crippen LogP contribution in [0.15, 0.2) is 42.6 Å².